The van der Waals surface area contributed by atoms with Crippen LogP contribution in [0.3, 0.4) is 0 Å². The van der Waals surface area contributed by atoms with E-state index in [9.17, 15) is 0 Å². The summed E-state index contributed by atoms with van der Waals surface area (Å²) in [6.07, 6.45) is 3.92. The van der Waals surface area contributed by atoms with Gasteiger partial charge in [0.1, 0.15) is 5.09 Å². The molecule has 0 N–H and O–H groups in total. The predicted octanol–water partition coefficient (Wildman–Crippen LogP) is 1.86. The van der Waals surface area contributed by atoms with Gasteiger partial charge in [-0.1, -0.05) is 11.8 Å². The molecule has 0 aliphatic rings. The van der Waals surface area contributed by atoms with E-state index in [0.29, 0.717) is 0 Å². The van der Waals surface area contributed by atoms with Crippen LogP contribution in [-0.2, 0) is 4.74 Å². The molecule has 7 heavy (non-hydrogen) atoms. The summed E-state index contributed by atoms with van der Waals surface area (Å²) in [5.74, 6) is 0. The van der Waals surface area contributed by atoms with E-state index in [1.54, 1.807) is 18.9 Å². The summed E-state index contributed by atoms with van der Waals surface area (Å²) < 4.78 is 4.87. The molecule has 0 aromatic carbocycles. The Bertz CT molecular complexity index is 62.5. The van der Waals surface area contributed by atoms with Crippen molar-refractivity contribution in [3.05, 3.63) is 11.2 Å². The lowest BCUT2D eigenvalue weighted by Crippen LogP contribution is -1.75. The zero-order chi connectivity index (χ0) is 5.70. The van der Waals surface area contributed by atoms with Crippen molar-refractivity contribution < 1.29 is 4.74 Å². The molecule has 0 radical (unpaired) electrons. The molecule has 0 saturated carbocycles. The van der Waals surface area contributed by atoms with Crippen LogP contribution >= 0.6 is 11.8 Å². The summed E-state index contributed by atoms with van der Waals surface area (Å²) in [5, 5.41) is 0.972. The molecule has 0 atom stereocenters. The third-order valence-electron chi connectivity index (χ3n) is 0.638. The van der Waals surface area contributed by atoms with E-state index in [1.165, 1.54) is 0 Å². The molecule has 0 saturated heterocycles. The minimum Gasteiger partial charge on any atom is -0.491 e. The van der Waals surface area contributed by atoms with Gasteiger partial charge >= 0.3 is 0 Å². The van der Waals surface area contributed by atoms with Gasteiger partial charge in [-0.05, 0) is 19.3 Å². The molecule has 0 bridgehead atoms. The van der Waals surface area contributed by atoms with Gasteiger partial charge in [-0.25, -0.2) is 0 Å². The molecule has 2 heteroatoms. The van der Waals surface area contributed by atoms with Crippen LogP contribution in [0.15, 0.2) is 11.2 Å². The highest BCUT2D eigenvalue weighted by Crippen LogP contribution is 2.09. The van der Waals surface area contributed by atoms with Crippen LogP contribution in [0.5, 0.6) is 0 Å². The number of thioether (sulfide) groups is 1. The number of rotatable bonds is 2. The SMILES string of the molecule is CC=C(OC)SC. The van der Waals surface area contributed by atoms with Crippen LogP contribution in [-0.4, -0.2) is 13.4 Å². The molecule has 0 aromatic heterocycles. The molecule has 42 valence electrons. The fraction of sp³-hybridized carbons (Fsp3) is 0.600. The Morgan fingerprint density at radius 3 is 2.29 bits per heavy atom. The van der Waals surface area contributed by atoms with Crippen molar-refractivity contribution in [3.8, 4) is 0 Å². The molecular weight excluding hydrogens is 108 g/mol. The van der Waals surface area contributed by atoms with Crippen molar-refractivity contribution in [3.63, 3.8) is 0 Å². The Hall–Kier alpha value is -0.110. The number of ether oxygens (including phenoxy) is 1. The van der Waals surface area contributed by atoms with Crippen molar-refractivity contribution >= 4 is 11.8 Å². The van der Waals surface area contributed by atoms with Gasteiger partial charge in [0.05, 0.1) is 7.11 Å². The summed E-state index contributed by atoms with van der Waals surface area (Å²) in [6.45, 7) is 1.95. The van der Waals surface area contributed by atoms with Gasteiger partial charge in [0.2, 0.25) is 0 Å². The van der Waals surface area contributed by atoms with Gasteiger partial charge < -0.3 is 4.74 Å². The monoisotopic (exact) mass is 118 g/mol. The Labute approximate surface area is 48.7 Å². The van der Waals surface area contributed by atoms with E-state index in [1.807, 2.05) is 19.3 Å². The van der Waals surface area contributed by atoms with Crippen LogP contribution in [0.1, 0.15) is 6.92 Å². The Kier molecular flexibility index (Phi) is 4.00. The summed E-state index contributed by atoms with van der Waals surface area (Å²) >= 11 is 1.61. The number of allylic oxidation sites excluding steroid dienone is 1. The lowest BCUT2D eigenvalue weighted by atomic mass is 10.7. The van der Waals surface area contributed by atoms with Crippen LogP contribution in [0.25, 0.3) is 0 Å². The van der Waals surface area contributed by atoms with E-state index in [4.69, 9.17) is 4.74 Å². The number of methoxy groups -OCH3 is 1. The minimum atomic E-state index is 0.972. The number of hydrogen-bond acceptors (Lipinski definition) is 2. The maximum absolute atomic E-state index is 4.87. The summed E-state index contributed by atoms with van der Waals surface area (Å²) in [6, 6.07) is 0. The second-order valence-corrected chi connectivity index (χ2v) is 1.83. The van der Waals surface area contributed by atoms with Crippen molar-refractivity contribution in [2.75, 3.05) is 13.4 Å². The largest absolute Gasteiger partial charge is 0.491 e. The van der Waals surface area contributed by atoms with Crippen molar-refractivity contribution in [2.24, 2.45) is 0 Å². The van der Waals surface area contributed by atoms with Crippen molar-refractivity contribution in [1.29, 1.82) is 0 Å². The van der Waals surface area contributed by atoms with E-state index < -0.39 is 0 Å². The van der Waals surface area contributed by atoms with Gasteiger partial charge in [-0.2, -0.15) is 0 Å². The first kappa shape index (κ1) is 6.89. The van der Waals surface area contributed by atoms with E-state index in [-0.39, 0.29) is 0 Å². The maximum Gasteiger partial charge on any atom is 0.148 e. The van der Waals surface area contributed by atoms with Gasteiger partial charge in [-0.15, -0.1) is 0 Å². The predicted molar refractivity (Wildman–Crippen MR) is 34.3 cm³/mol. The molecule has 0 unspecified atom stereocenters. The van der Waals surface area contributed by atoms with Crippen molar-refractivity contribution in [1.82, 2.24) is 0 Å². The standard InChI is InChI=1S/C5H10OS/c1-4-5(6-2)7-3/h4H,1-3H3. The third kappa shape index (κ3) is 2.57. The number of hydrogen-bond donors (Lipinski definition) is 0. The topological polar surface area (TPSA) is 9.23 Å². The molecule has 0 aromatic rings. The molecule has 0 heterocycles. The smallest absolute Gasteiger partial charge is 0.148 e. The summed E-state index contributed by atoms with van der Waals surface area (Å²) in [7, 11) is 1.67. The lowest BCUT2D eigenvalue weighted by Gasteiger charge is -1.96. The first-order valence-corrected chi connectivity index (χ1v) is 3.32. The molecule has 0 aliphatic heterocycles. The minimum absolute atomic E-state index is 0.972. The summed E-state index contributed by atoms with van der Waals surface area (Å²) in [4.78, 5) is 0. The van der Waals surface area contributed by atoms with E-state index >= 15 is 0 Å². The van der Waals surface area contributed by atoms with Gasteiger partial charge in [0, 0.05) is 0 Å². The molecule has 0 spiro atoms. The molecule has 0 fully saturated rings. The van der Waals surface area contributed by atoms with Crippen LogP contribution in [0.4, 0.5) is 0 Å². The molecule has 0 rings (SSSR count). The van der Waals surface area contributed by atoms with Crippen molar-refractivity contribution in [2.45, 2.75) is 6.92 Å². The second kappa shape index (κ2) is 4.06. The fourth-order valence-electron chi connectivity index (χ4n) is 0.319. The zero-order valence-corrected chi connectivity index (χ0v) is 5.71. The van der Waals surface area contributed by atoms with Gasteiger partial charge in [-0.3, -0.25) is 0 Å². The van der Waals surface area contributed by atoms with Gasteiger partial charge in [0.25, 0.3) is 0 Å². The highest BCUT2D eigenvalue weighted by Gasteiger charge is 1.83. The van der Waals surface area contributed by atoms with Gasteiger partial charge in [0.15, 0.2) is 0 Å². The lowest BCUT2D eigenvalue weighted by molar-refractivity contribution is 0.324. The molecule has 1 nitrogen and oxygen atoms in total. The Balaban J connectivity index is 3.38. The quantitative estimate of drug-likeness (QED) is 0.512. The molecule has 0 amide bonds. The normalized spacial score (nSPS) is 11.6. The van der Waals surface area contributed by atoms with E-state index in [2.05, 4.69) is 0 Å². The average Bonchev–Trinajstić information content (AvgIpc) is 1.72. The van der Waals surface area contributed by atoms with E-state index in [0.717, 1.165) is 5.09 Å². The maximum atomic E-state index is 4.87. The highest BCUT2D eigenvalue weighted by molar-refractivity contribution is 8.02. The first-order valence-electron chi connectivity index (χ1n) is 2.09. The molecular formula is C5H10OS. The second-order valence-electron chi connectivity index (χ2n) is 1.02. The van der Waals surface area contributed by atoms with Crippen LogP contribution < -0.4 is 0 Å². The summed E-state index contributed by atoms with van der Waals surface area (Å²) in [5.41, 5.74) is 0. The van der Waals surface area contributed by atoms with Crippen LogP contribution in [0, 0.1) is 0 Å². The Morgan fingerprint density at radius 1 is 1.71 bits per heavy atom. The zero-order valence-electron chi connectivity index (χ0n) is 4.89. The highest BCUT2D eigenvalue weighted by atomic mass is 32.2. The fourth-order valence-corrected chi connectivity index (χ4v) is 0.721. The first-order chi connectivity index (χ1) is 3.35. The van der Waals surface area contributed by atoms with Crippen LogP contribution in [0.2, 0.25) is 0 Å². The Morgan fingerprint density at radius 2 is 2.29 bits per heavy atom. The molecule has 0 aliphatic carbocycles. The average molecular weight is 118 g/mol. The third-order valence-corrected chi connectivity index (χ3v) is 1.44.